The van der Waals surface area contributed by atoms with Crippen LogP contribution in [0.4, 0.5) is 0 Å². The van der Waals surface area contributed by atoms with Gasteiger partial charge in [-0.05, 0) is 57.8 Å². The summed E-state index contributed by atoms with van der Waals surface area (Å²) in [5, 5.41) is 23.1. The third-order valence-electron chi connectivity index (χ3n) is 14.2. The van der Waals surface area contributed by atoms with Crippen molar-refractivity contribution in [3.8, 4) is 0 Å². The summed E-state index contributed by atoms with van der Waals surface area (Å²) in [4.78, 5) is 24.6. The molecule has 0 rings (SSSR count). The third-order valence-corrected chi connectivity index (χ3v) is 14.2. The maximum atomic E-state index is 12.5. The molecule has 68 heavy (non-hydrogen) atoms. The van der Waals surface area contributed by atoms with Crippen molar-refractivity contribution in [3.63, 3.8) is 0 Å². The summed E-state index contributed by atoms with van der Waals surface area (Å²) in [6, 6.07) is -0.636. The highest BCUT2D eigenvalue weighted by atomic mass is 16.5. The van der Waals surface area contributed by atoms with Crippen LogP contribution in [-0.2, 0) is 14.3 Å². The molecule has 2 atom stereocenters. The molecule has 0 heterocycles. The van der Waals surface area contributed by atoms with Gasteiger partial charge in [-0.25, -0.2) is 0 Å². The quantitative estimate of drug-likeness (QED) is 0.0321. The van der Waals surface area contributed by atoms with Crippen molar-refractivity contribution < 1.29 is 24.5 Å². The molecule has 0 aromatic carbocycles. The lowest BCUT2D eigenvalue weighted by Crippen LogP contribution is -2.45. The zero-order valence-corrected chi connectivity index (χ0v) is 45.9. The fourth-order valence-corrected chi connectivity index (χ4v) is 9.51. The van der Waals surface area contributed by atoms with E-state index in [0.29, 0.717) is 19.4 Å². The summed E-state index contributed by atoms with van der Waals surface area (Å²) >= 11 is 0. The van der Waals surface area contributed by atoms with Gasteiger partial charge >= 0.3 is 5.97 Å². The number of carbonyl (C=O) groups excluding carboxylic acids is 2. The van der Waals surface area contributed by atoms with Gasteiger partial charge in [-0.2, -0.15) is 0 Å². The maximum Gasteiger partial charge on any atom is 0.305 e. The highest BCUT2D eigenvalue weighted by Crippen LogP contribution is 2.17. The second-order valence-corrected chi connectivity index (χ2v) is 21.0. The van der Waals surface area contributed by atoms with E-state index in [1.165, 1.54) is 250 Å². The van der Waals surface area contributed by atoms with Crippen LogP contribution in [0.3, 0.4) is 0 Å². The third kappa shape index (κ3) is 53.7. The normalized spacial score (nSPS) is 12.7. The van der Waals surface area contributed by atoms with Crippen molar-refractivity contribution >= 4 is 11.9 Å². The molecule has 0 aliphatic heterocycles. The molecule has 1 amide bonds. The van der Waals surface area contributed by atoms with Crippen molar-refractivity contribution in [3.05, 3.63) is 24.3 Å². The van der Waals surface area contributed by atoms with E-state index < -0.39 is 12.1 Å². The molecule has 0 spiro atoms. The van der Waals surface area contributed by atoms with E-state index >= 15 is 0 Å². The number of hydrogen-bond acceptors (Lipinski definition) is 5. The zero-order chi connectivity index (χ0) is 49.3. The Bertz CT molecular complexity index is 1060. The number of aliphatic hydroxyl groups excluding tert-OH is 2. The summed E-state index contributed by atoms with van der Waals surface area (Å²) in [5.41, 5.74) is 0. The lowest BCUT2D eigenvalue weighted by molar-refractivity contribution is -0.143. The van der Waals surface area contributed by atoms with E-state index in [0.717, 1.165) is 57.8 Å². The molecule has 0 fully saturated rings. The van der Waals surface area contributed by atoms with Crippen molar-refractivity contribution in [2.75, 3.05) is 13.2 Å². The molecular weight excluding hydrogens is 839 g/mol. The second kappa shape index (κ2) is 57.9. The van der Waals surface area contributed by atoms with Crippen molar-refractivity contribution in [1.29, 1.82) is 0 Å². The molecule has 0 bridgehead atoms. The van der Waals surface area contributed by atoms with Gasteiger partial charge in [0.25, 0.3) is 0 Å². The number of hydrogen-bond donors (Lipinski definition) is 3. The molecule has 0 aliphatic carbocycles. The van der Waals surface area contributed by atoms with E-state index in [2.05, 4.69) is 31.3 Å². The number of nitrogens with one attached hydrogen (secondary N) is 1. The van der Waals surface area contributed by atoms with Crippen LogP contribution < -0.4 is 5.32 Å². The number of rotatable bonds is 57. The number of esters is 1. The predicted molar refractivity (Wildman–Crippen MR) is 296 cm³/mol. The van der Waals surface area contributed by atoms with Gasteiger partial charge in [-0.3, -0.25) is 9.59 Å². The Kier molecular flexibility index (Phi) is 56.5. The van der Waals surface area contributed by atoms with Gasteiger partial charge < -0.3 is 20.3 Å². The minimum Gasteiger partial charge on any atom is -0.466 e. The molecule has 0 saturated carbocycles. The van der Waals surface area contributed by atoms with E-state index in [4.69, 9.17) is 4.74 Å². The molecule has 0 aliphatic rings. The highest BCUT2D eigenvalue weighted by molar-refractivity contribution is 5.76. The fraction of sp³-hybridized carbons (Fsp3) is 0.903. The van der Waals surface area contributed by atoms with E-state index in [9.17, 15) is 19.8 Å². The summed E-state index contributed by atoms with van der Waals surface area (Å²) in [7, 11) is 0. The average Bonchev–Trinajstić information content (AvgIpc) is 3.34. The van der Waals surface area contributed by atoms with Gasteiger partial charge in [0.15, 0.2) is 0 Å². The van der Waals surface area contributed by atoms with Crippen LogP contribution in [0.15, 0.2) is 24.3 Å². The Hall–Kier alpha value is -1.66. The molecular formula is C62H119NO5. The fourth-order valence-electron chi connectivity index (χ4n) is 9.51. The molecule has 0 aromatic rings. The lowest BCUT2D eigenvalue weighted by atomic mass is 10.0. The Balaban J connectivity index is 3.44. The molecule has 2 unspecified atom stereocenters. The van der Waals surface area contributed by atoms with E-state index in [1.54, 1.807) is 6.08 Å². The standard InChI is InChI=1S/C62H119NO5/c1-3-5-7-9-11-13-15-17-19-20-21-24-28-32-36-40-44-48-52-56-62(67)68-57-53-49-45-41-37-33-29-25-22-23-27-31-35-39-43-47-51-55-61(66)63-59(58-64)60(65)54-50-46-42-38-34-30-26-18-16-14-12-10-8-6-4-2/h22,25,50,54,59-60,64-65H,3-21,23-24,26-49,51-53,55-58H2,1-2H3,(H,63,66)/b25-22-,54-50+. The van der Waals surface area contributed by atoms with Crippen LogP contribution >= 0.6 is 0 Å². The number of aliphatic hydroxyl groups is 2. The summed E-state index contributed by atoms with van der Waals surface area (Å²) in [6.07, 6.45) is 70.7. The first kappa shape index (κ1) is 66.3. The van der Waals surface area contributed by atoms with Gasteiger partial charge in [0.05, 0.1) is 25.4 Å². The van der Waals surface area contributed by atoms with Crippen molar-refractivity contribution in [2.24, 2.45) is 0 Å². The van der Waals surface area contributed by atoms with Crippen molar-refractivity contribution in [1.82, 2.24) is 5.32 Å². The summed E-state index contributed by atoms with van der Waals surface area (Å²) in [5.74, 6) is -0.0761. The number of allylic oxidation sites excluding steroid dienone is 3. The predicted octanol–water partition coefficient (Wildman–Crippen LogP) is 19.0. The van der Waals surface area contributed by atoms with Gasteiger partial charge in [0, 0.05) is 12.8 Å². The highest BCUT2D eigenvalue weighted by Gasteiger charge is 2.18. The minimum atomic E-state index is -0.852. The number of amides is 1. The van der Waals surface area contributed by atoms with Gasteiger partial charge in [0.2, 0.25) is 5.91 Å². The smallest absolute Gasteiger partial charge is 0.305 e. The molecule has 0 aromatic heterocycles. The topological polar surface area (TPSA) is 95.9 Å². The molecule has 402 valence electrons. The monoisotopic (exact) mass is 958 g/mol. The molecule has 6 nitrogen and oxygen atoms in total. The molecule has 6 heteroatoms. The average molecular weight is 959 g/mol. The zero-order valence-electron chi connectivity index (χ0n) is 45.9. The van der Waals surface area contributed by atoms with Gasteiger partial charge in [0.1, 0.15) is 0 Å². The first-order chi connectivity index (χ1) is 33.5. The summed E-state index contributed by atoms with van der Waals surface area (Å²) in [6.45, 7) is 4.90. The number of unbranched alkanes of at least 4 members (excludes halogenated alkanes) is 44. The SMILES string of the molecule is CCCCCCCCCCCCCCC/C=C/C(O)C(CO)NC(=O)CCCCCCCCC/C=C\CCCCCCCCOC(=O)CCCCCCCCCCCCCCCCCCCCC. The van der Waals surface area contributed by atoms with Crippen LogP contribution in [0.5, 0.6) is 0 Å². The summed E-state index contributed by atoms with van der Waals surface area (Å²) < 4.78 is 5.49. The first-order valence-electron chi connectivity index (χ1n) is 30.6. The lowest BCUT2D eigenvalue weighted by Gasteiger charge is -2.20. The number of carbonyl (C=O) groups is 2. The van der Waals surface area contributed by atoms with Crippen LogP contribution in [0.25, 0.3) is 0 Å². The minimum absolute atomic E-state index is 0.00232. The molecule has 3 N–H and O–H groups in total. The first-order valence-corrected chi connectivity index (χ1v) is 30.6. The largest absolute Gasteiger partial charge is 0.466 e. The van der Waals surface area contributed by atoms with Crippen molar-refractivity contribution in [2.45, 2.75) is 347 Å². The second-order valence-electron chi connectivity index (χ2n) is 21.0. The molecule has 0 radical (unpaired) electrons. The van der Waals surface area contributed by atoms with E-state index in [1.807, 2.05) is 6.08 Å². The Morgan fingerprint density at radius 2 is 0.691 bits per heavy atom. The maximum absolute atomic E-state index is 12.5. The Morgan fingerprint density at radius 1 is 0.397 bits per heavy atom. The van der Waals surface area contributed by atoms with Crippen LogP contribution in [0.1, 0.15) is 335 Å². The Labute approximate surface area is 424 Å². The van der Waals surface area contributed by atoms with Gasteiger partial charge in [-0.1, -0.05) is 289 Å². The molecule has 0 saturated heterocycles. The Morgan fingerprint density at radius 3 is 1.04 bits per heavy atom. The van der Waals surface area contributed by atoms with Gasteiger partial charge in [-0.15, -0.1) is 0 Å². The van der Waals surface area contributed by atoms with E-state index in [-0.39, 0.29) is 18.5 Å². The van der Waals surface area contributed by atoms with Crippen LogP contribution in [0.2, 0.25) is 0 Å². The van der Waals surface area contributed by atoms with Crippen LogP contribution in [0, 0.1) is 0 Å². The number of ether oxygens (including phenoxy) is 1. The van der Waals surface area contributed by atoms with Crippen LogP contribution in [-0.4, -0.2) is 47.4 Å².